The van der Waals surface area contributed by atoms with Gasteiger partial charge in [0, 0.05) is 48.5 Å². The number of rotatable bonds is 10. The second-order valence-electron chi connectivity index (χ2n) is 10.1. The van der Waals surface area contributed by atoms with Gasteiger partial charge in [-0.2, -0.15) is 10.2 Å². The van der Waals surface area contributed by atoms with Crippen molar-refractivity contribution < 1.29 is 14.3 Å². The van der Waals surface area contributed by atoms with E-state index in [2.05, 4.69) is 25.6 Å². The monoisotopic (exact) mass is 568 g/mol. The Morgan fingerprint density at radius 2 is 1.86 bits per heavy atom. The molecule has 0 aliphatic carbocycles. The number of fused-ring (bicyclic) bond motifs is 1. The minimum atomic E-state index is -0.838. The third-order valence-electron chi connectivity index (χ3n) is 6.28. The molecule has 216 valence electrons. The second-order valence-corrected chi connectivity index (χ2v) is 10.1. The first-order valence-corrected chi connectivity index (χ1v) is 13.0. The van der Waals surface area contributed by atoms with Crippen molar-refractivity contribution in [1.82, 2.24) is 19.5 Å². The van der Waals surface area contributed by atoms with Crippen LogP contribution in [0.4, 0.5) is 11.8 Å². The minimum Gasteiger partial charge on any atom is -0.497 e. The Kier molecular flexibility index (Phi) is 8.83. The molecule has 0 spiro atoms. The van der Waals surface area contributed by atoms with Gasteiger partial charge in [-0.3, -0.25) is 14.2 Å². The number of hydrogen-bond donors (Lipinski definition) is 3. The van der Waals surface area contributed by atoms with E-state index in [1.165, 1.54) is 6.08 Å². The van der Waals surface area contributed by atoms with Gasteiger partial charge in [0.15, 0.2) is 0 Å². The summed E-state index contributed by atoms with van der Waals surface area (Å²) >= 11 is 0. The summed E-state index contributed by atoms with van der Waals surface area (Å²) in [5, 5.41) is 15.6. The fourth-order valence-electron chi connectivity index (χ4n) is 4.30. The van der Waals surface area contributed by atoms with E-state index in [-0.39, 0.29) is 23.5 Å². The molecule has 4 N–H and O–H groups in total. The van der Waals surface area contributed by atoms with Gasteiger partial charge in [-0.25, -0.2) is 9.97 Å². The number of aryl methyl sites for hydroxylation is 2. The van der Waals surface area contributed by atoms with Crippen molar-refractivity contribution in [2.24, 2.45) is 5.73 Å². The van der Waals surface area contributed by atoms with Crippen LogP contribution < -0.4 is 31.4 Å². The Balaban J connectivity index is 1.70. The van der Waals surface area contributed by atoms with Crippen molar-refractivity contribution in [3.8, 4) is 28.7 Å². The maximum atomic E-state index is 13.9. The van der Waals surface area contributed by atoms with Crippen LogP contribution in [-0.4, -0.2) is 52.2 Å². The molecule has 4 aromatic rings. The fourth-order valence-corrected chi connectivity index (χ4v) is 4.30. The van der Waals surface area contributed by atoms with Crippen molar-refractivity contribution in [3.63, 3.8) is 0 Å². The number of nitrogens with two attached hydrogens (primary N) is 1. The van der Waals surface area contributed by atoms with Crippen LogP contribution in [0.1, 0.15) is 19.4 Å². The molecule has 0 saturated carbocycles. The number of nitrogens with zero attached hydrogens (tertiary/aromatic N) is 5. The van der Waals surface area contributed by atoms with E-state index in [4.69, 9.17) is 15.2 Å². The molecule has 3 aromatic heterocycles. The Morgan fingerprint density at radius 1 is 1.14 bits per heavy atom. The molecule has 0 unspecified atom stereocenters. The van der Waals surface area contributed by atoms with Crippen LogP contribution in [0.25, 0.3) is 22.2 Å². The van der Waals surface area contributed by atoms with Crippen molar-refractivity contribution in [1.29, 1.82) is 5.26 Å². The number of hydrogen-bond acceptors (Lipinski definition) is 10. The lowest BCUT2D eigenvalue weighted by Gasteiger charge is -2.15. The molecule has 0 saturated heterocycles. The first-order valence-electron chi connectivity index (χ1n) is 13.0. The van der Waals surface area contributed by atoms with Gasteiger partial charge in [0.2, 0.25) is 5.95 Å². The summed E-state index contributed by atoms with van der Waals surface area (Å²) in [6, 6.07) is 12.4. The van der Waals surface area contributed by atoms with Gasteiger partial charge >= 0.3 is 0 Å². The van der Waals surface area contributed by atoms with E-state index in [1.807, 2.05) is 6.07 Å². The maximum Gasteiger partial charge on any atom is 0.267 e. The van der Waals surface area contributed by atoms with Crippen LogP contribution in [0, 0.1) is 11.3 Å². The molecule has 12 nitrogen and oxygen atoms in total. The van der Waals surface area contributed by atoms with Crippen LogP contribution in [0.5, 0.6) is 11.5 Å². The summed E-state index contributed by atoms with van der Waals surface area (Å²) in [6.45, 7) is 3.64. The number of methoxy groups -OCH3 is 2. The average Bonchev–Trinajstić information content (AvgIpc) is 2.98. The van der Waals surface area contributed by atoms with Crippen LogP contribution in [0.2, 0.25) is 0 Å². The molecule has 0 radical (unpaired) electrons. The normalized spacial score (nSPS) is 11.6. The Hall–Kier alpha value is -5.28. The fraction of sp³-hybridized carbons (Fsp3) is 0.267. The molecule has 0 bridgehead atoms. The van der Waals surface area contributed by atoms with Gasteiger partial charge < -0.3 is 25.8 Å². The highest BCUT2D eigenvalue weighted by molar-refractivity contribution is 6.06. The smallest absolute Gasteiger partial charge is 0.267 e. The number of amides is 1. The third-order valence-corrected chi connectivity index (χ3v) is 6.28. The first-order chi connectivity index (χ1) is 20.0. The quantitative estimate of drug-likeness (QED) is 0.191. The molecular formula is C30H32N8O4. The Morgan fingerprint density at radius 3 is 2.48 bits per heavy atom. The molecule has 4 rings (SSSR count). The highest BCUT2D eigenvalue weighted by Gasteiger charge is 2.17. The highest BCUT2D eigenvalue weighted by atomic mass is 16.5. The lowest BCUT2D eigenvalue weighted by Crippen LogP contribution is -2.30. The number of nitriles is 1. The van der Waals surface area contributed by atoms with Crippen LogP contribution in [-0.2, 0) is 17.8 Å². The molecule has 3 heterocycles. The Labute approximate surface area is 242 Å². The number of pyridine rings is 2. The van der Waals surface area contributed by atoms with Crippen molar-refractivity contribution in [2.75, 3.05) is 31.9 Å². The molecule has 12 heteroatoms. The van der Waals surface area contributed by atoms with Crippen molar-refractivity contribution >= 4 is 28.7 Å². The zero-order valence-electron chi connectivity index (χ0n) is 24.1. The summed E-state index contributed by atoms with van der Waals surface area (Å²) in [7, 11) is 4.80. The lowest BCUT2D eigenvalue weighted by molar-refractivity contribution is -0.112. The van der Waals surface area contributed by atoms with Crippen molar-refractivity contribution in [3.05, 3.63) is 76.4 Å². The minimum absolute atomic E-state index is 0.112. The van der Waals surface area contributed by atoms with Gasteiger partial charge in [-0.05, 0) is 67.8 Å². The van der Waals surface area contributed by atoms with E-state index in [9.17, 15) is 14.9 Å². The summed E-state index contributed by atoms with van der Waals surface area (Å²) in [6.07, 6.45) is 5.03. The second kappa shape index (κ2) is 12.5. The van der Waals surface area contributed by atoms with E-state index >= 15 is 0 Å². The van der Waals surface area contributed by atoms with Gasteiger partial charge in [-0.1, -0.05) is 0 Å². The largest absolute Gasteiger partial charge is 0.497 e. The lowest BCUT2D eigenvalue weighted by atomic mass is 10.0. The number of ether oxygens (including phenoxy) is 2. The van der Waals surface area contributed by atoms with Crippen molar-refractivity contribution in [2.45, 2.75) is 32.4 Å². The summed E-state index contributed by atoms with van der Waals surface area (Å²) in [4.78, 5) is 39.7. The van der Waals surface area contributed by atoms with Crippen LogP contribution >= 0.6 is 0 Å². The molecular weight excluding hydrogens is 536 g/mol. The predicted octanol–water partition coefficient (Wildman–Crippen LogP) is 3.28. The van der Waals surface area contributed by atoms with E-state index in [0.29, 0.717) is 46.0 Å². The van der Waals surface area contributed by atoms with Gasteiger partial charge in [0.05, 0.1) is 14.2 Å². The third kappa shape index (κ3) is 6.89. The van der Waals surface area contributed by atoms with Crippen LogP contribution in [0.3, 0.4) is 0 Å². The van der Waals surface area contributed by atoms with Gasteiger partial charge in [0.25, 0.3) is 11.5 Å². The Bertz CT molecular complexity index is 1740. The number of carbonyl (C=O) groups excluding carboxylic acids is 1. The zero-order valence-corrected chi connectivity index (χ0v) is 24.1. The molecule has 0 aliphatic rings. The first kappa shape index (κ1) is 29.7. The molecule has 1 amide bonds. The molecule has 1 aromatic carbocycles. The number of anilines is 2. The summed E-state index contributed by atoms with van der Waals surface area (Å²) in [5.74, 6) is 1.13. The molecule has 0 atom stereocenters. The van der Waals surface area contributed by atoms with Crippen LogP contribution in [0.15, 0.2) is 65.2 Å². The van der Waals surface area contributed by atoms with Gasteiger partial charge in [-0.15, -0.1) is 0 Å². The predicted molar refractivity (Wildman–Crippen MR) is 160 cm³/mol. The number of aromatic nitrogens is 4. The molecule has 0 aliphatic heterocycles. The maximum absolute atomic E-state index is 13.9. The van der Waals surface area contributed by atoms with E-state index in [1.54, 1.807) is 88.5 Å². The standard InChI is InChI=1S/C30H32N8O4/c1-30(2,32)15-21(16-31)27(39)36-25-10-18(6-8-34-25)7-9-38-26-20(17-35-29(33-3)37-26)13-24(28(38)40)19-11-22(41-4)14-23(12-19)42-5/h6,8,10-15,17H,7,9,32H2,1-5H3,(H,33,35,37)(H,34,36,39)/b21-15+. The number of benzene rings is 1. The zero-order chi connectivity index (χ0) is 30.4. The topological polar surface area (TPSA) is 170 Å². The average molecular weight is 569 g/mol. The number of carbonyl (C=O) groups is 1. The molecule has 42 heavy (non-hydrogen) atoms. The molecule has 0 fully saturated rings. The van der Waals surface area contributed by atoms with E-state index < -0.39 is 11.4 Å². The summed E-state index contributed by atoms with van der Waals surface area (Å²) < 4.78 is 12.4. The highest BCUT2D eigenvalue weighted by Crippen LogP contribution is 2.29. The number of nitrogens with one attached hydrogen (secondary N) is 2. The summed E-state index contributed by atoms with van der Waals surface area (Å²) in [5.41, 5.74) is 7.05. The van der Waals surface area contributed by atoms with Gasteiger partial charge in [0.1, 0.15) is 34.6 Å². The van der Waals surface area contributed by atoms with E-state index in [0.717, 1.165) is 5.56 Å². The SMILES string of the molecule is CNc1ncc2cc(-c3cc(OC)cc(OC)c3)c(=O)n(CCc3ccnc(NC(=O)/C(C#N)=C/C(C)(C)N)c3)c2n1.